The number of aromatic nitrogens is 4. The summed E-state index contributed by atoms with van der Waals surface area (Å²) in [5, 5.41) is 5.03. The van der Waals surface area contributed by atoms with Gasteiger partial charge in [0.25, 0.3) is 5.56 Å². The lowest BCUT2D eigenvalue weighted by atomic mass is 10.2. The molecular formula is C20H18ClN5O. The Morgan fingerprint density at radius 3 is 2.70 bits per heavy atom. The van der Waals surface area contributed by atoms with Crippen molar-refractivity contribution in [3.8, 4) is 11.4 Å². The van der Waals surface area contributed by atoms with Crippen LogP contribution >= 0.6 is 11.6 Å². The molecule has 136 valence electrons. The van der Waals surface area contributed by atoms with Crippen LogP contribution in [-0.2, 0) is 6.54 Å². The summed E-state index contributed by atoms with van der Waals surface area (Å²) in [5.41, 5.74) is 3.40. The van der Waals surface area contributed by atoms with E-state index in [4.69, 9.17) is 11.6 Å². The van der Waals surface area contributed by atoms with Gasteiger partial charge in [0, 0.05) is 35.1 Å². The SMILES string of the molecule is Cc1c(Cl)cccc1N(C)Cc1cc(=O)n2nc(-c3ccccc3)nc2[nH]1. The first kappa shape index (κ1) is 17.3. The highest BCUT2D eigenvalue weighted by Crippen LogP contribution is 2.26. The molecule has 6 nitrogen and oxygen atoms in total. The molecular weight excluding hydrogens is 362 g/mol. The Labute approximate surface area is 161 Å². The molecule has 0 aliphatic carbocycles. The number of fused-ring (bicyclic) bond motifs is 1. The molecule has 0 atom stereocenters. The van der Waals surface area contributed by atoms with Crippen molar-refractivity contribution in [2.75, 3.05) is 11.9 Å². The van der Waals surface area contributed by atoms with Crippen molar-refractivity contribution in [3.05, 3.63) is 81.2 Å². The van der Waals surface area contributed by atoms with Crippen molar-refractivity contribution in [1.29, 1.82) is 0 Å². The molecule has 0 unspecified atom stereocenters. The third-order valence-electron chi connectivity index (χ3n) is 4.48. The second-order valence-electron chi connectivity index (χ2n) is 6.41. The van der Waals surface area contributed by atoms with Crippen LogP contribution in [0.3, 0.4) is 0 Å². The molecule has 0 spiro atoms. The van der Waals surface area contributed by atoms with Gasteiger partial charge in [-0.05, 0) is 24.6 Å². The van der Waals surface area contributed by atoms with Gasteiger partial charge in [-0.15, -0.1) is 5.10 Å². The summed E-state index contributed by atoms with van der Waals surface area (Å²) < 4.78 is 1.29. The zero-order chi connectivity index (χ0) is 19.0. The highest BCUT2D eigenvalue weighted by Gasteiger charge is 2.12. The number of H-pyrrole nitrogens is 1. The van der Waals surface area contributed by atoms with Gasteiger partial charge in [-0.3, -0.25) is 4.79 Å². The summed E-state index contributed by atoms with van der Waals surface area (Å²) in [6.07, 6.45) is 0. The Kier molecular flexibility index (Phi) is 4.41. The van der Waals surface area contributed by atoms with Crippen molar-refractivity contribution >= 4 is 23.1 Å². The summed E-state index contributed by atoms with van der Waals surface area (Å²) in [6, 6.07) is 16.9. The number of nitrogens with zero attached hydrogens (tertiary/aromatic N) is 4. The summed E-state index contributed by atoms with van der Waals surface area (Å²) in [4.78, 5) is 22.2. The molecule has 2 aromatic heterocycles. The van der Waals surface area contributed by atoms with E-state index in [1.165, 1.54) is 4.52 Å². The number of benzene rings is 2. The Hall–Kier alpha value is -3.12. The van der Waals surface area contributed by atoms with Gasteiger partial charge in [0.2, 0.25) is 5.78 Å². The normalized spacial score (nSPS) is 11.1. The summed E-state index contributed by atoms with van der Waals surface area (Å²) >= 11 is 6.22. The number of hydrogen-bond donors (Lipinski definition) is 1. The van der Waals surface area contributed by atoms with Gasteiger partial charge in [-0.25, -0.2) is 0 Å². The maximum atomic E-state index is 12.5. The predicted octanol–water partition coefficient (Wildman–Crippen LogP) is 3.68. The fourth-order valence-electron chi connectivity index (χ4n) is 3.08. The number of halogens is 1. The number of rotatable bonds is 4. The van der Waals surface area contributed by atoms with E-state index in [0.717, 1.165) is 22.5 Å². The van der Waals surface area contributed by atoms with Gasteiger partial charge in [-0.1, -0.05) is 48.0 Å². The van der Waals surface area contributed by atoms with Gasteiger partial charge in [0.05, 0.1) is 6.54 Å². The molecule has 4 rings (SSSR count). The van der Waals surface area contributed by atoms with Crippen molar-refractivity contribution in [3.63, 3.8) is 0 Å². The first-order chi connectivity index (χ1) is 13.0. The largest absolute Gasteiger partial charge is 0.369 e. The van der Waals surface area contributed by atoms with Crippen molar-refractivity contribution < 1.29 is 0 Å². The minimum atomic E-state index is -0.218. The maximum Gasteiger partial charge on any atom is 0.275 e. The van der Waals surface area contributed by atoms with E-state index in [1.807, 2.05) is 67.4 Å². The Balaban J connectivity index is 1.69. The average molecular weight is 380 g/mol. The Bertz CT molecular complexity index is 1170. The third kappa shape index (κ3) is 3.31. The molecule has 0 amide bonds. The molecule has 2 aromatic carbocycles. The number of nitrogens with one attached hydrogen (secondary N) is 1. The van der Waals surface area contributed by atoms with Gasteiger partial charge in [0.1, 0.15) is 0 Å². The summed E-state index contributed by atoms with van der Waals surface area (Å²) in [5.74, 6) is 0.938. The van der Waals surface area contributed by atoms with Gasteiger partial charge in [-0.2, -0.15) is 9.50 Å². The number of aromatic amines is 1. The van der Waals surface area contributed by atoms with Gasteiger partial charge < -0.3 is 9.88 Å². The maximum absolute atomic E-state index is 12.5. The molecule has 1 N–H and O–H groups in total. The molecule has 0 bridgehead atoms. The van der Waals surface area contributed by atoms with E-state index < -0.39 is 0 Å². The third-order valence-corrected chi connectivity index (χ3v) is 4.89. The Morgan fingerprint density at radius 2 is 1.93 bits per heavy atom. The predicted molar refractivity (Wildman–Crippen MR) is 107 cm³/mol. The van der Waals surface area contributed by atoms with Crippen molar-refractivity contribution in [2.45, 2.75) is 13.5 Å². The fourth-order valence-corrected chi connectivity index (χ4v) is 3.25. The van der Waals surface area contributed by atoms with E-state index in [1.54, 1.807) is 6.07 Å². The fraction of sp³-hybridized carbons (Fsp3) is 0.150. The topological polar surface area (TPSA) is 66.3 Å². The van der Waals surface area contributed by atoms with Crippen LogP contribution < -0.4 is 10.5 Å². The lowest BCUT2D eigenvalue weighted by Crippen LogP contribution is -2.22. The summed E-state index contributed by atoms with van der Waals surface area (Å²) in [7, 11) is 1.96. The van der Waals surface area contributed by atoms with Crippen LogP contribution in [0.4, 0.5) is 5.69 Å². The van der Waals surface area contributed by atoms with Crippen LogP contribution in [0.1, 0.15) is 11.3 Å². The second kappa shape index (κ2) is 6.89. The summed E-state index contributed by atoms with van der Waals surface area (Å²) in [6.45, 7) is 2.49. The minimum Gasteiger partial charge on any atom is -0.369 e. The molecule has 0 saturated carbocycles. The van der Waals surface area contributed by atoms with E-state index in [-0.39, 0.29) is 5.56 Å². The molecule has 2 heterocycles. The van der Waals surface area contributed by atoms with Gasteiger partial charge in [0.15, 0.2) is 5.82 Å². The smallest absolute Gasteiger partial charge is 0.275 e. The van der Waals surface area contributed by atoms with Crippen LogP contribution in [-0.4, -0.2) is 26.6 Å². The molecule has 0 aliphatic rings. The second-order valence-corrected chi connectivity index (χ2v) is 6.82. The van der Waals surface area contributed by atoms with Crippen LogP contribution in [0.5, 0.6) is 0 Å². The number of hydrogen-bond acceptors (Lipinski definition) is 4. The van der Waals surface area contributed by atoms with Gasteiger partial charge >= 0.3 is 0 Å². The minimum absolute atomic E-state index is 0.218. The van der Waals surface area contributed by atoms with Crippen LogP contribution in [0, 0.1) is 6.92 Å². The number of anilines is 1. The standard InChI is InChI=1S/C20H18ClN5O/c1-13-16(21)9-6-10-17(13)25(2)12-15-11-18(27)26-20(22-15)23-19(24-26)14-7-4-3-5-8-14/h3-11H,12H2,1-2H3,(H,22,23,24). The van der Waals surface area contributed by atoms with Crippen LogP contribution in [0.25, 0.3) is 17.2 Å². The van der Waals surface area contributed by atoms with E-state index in [2.05, 4.69) is 15.1 Å². The van der Waals surface area contributed by atoms with Crippen molar-refractivity contribution in [1.82, 2.24) is 19.6 Å². The first-order valence-corrected chi connectivity index (χ1v) is 8.91. The van der Waals surface area contributed by atoms with Crippen LogP contribution in [0.15, 0.2) is 59.4 Å². The monoisotopic (exact) mass is 379 g/mol. The zero-order valence-electron chi connectivity index (χ0n) is 15.0. The molecule has 0 fully saturated rings. The molecule has 4 aromatic rings. The Morgan fingerprint density at radius 1 is 1.15 bits per heavy atom. The zero-order valence-corrected chi connectivity index (χ0v) is 15.7. The van der Waals surface area contributed by atoms with E-state index >= 15 is 0 Å². The highest BCUT2D eigenvalue weighted by molar-refractivity contribution is 6.31. The highest BCUT2D eigenvalue weighted by atomic mass is 35.5. The lowest BCUT2D eigenvalue weighted by Gasteiger charge is -2.21. The van der Waals surface area contributed by atoms with Crippen molar-refractivity contribution in [2.24, 2.45) is 0 Å². The molecule has 27 heavy (non-hydrogen) atoms. The average Bonchev–Trinajstić information content (AvgIpc) is 3.09. The molecule has 0 aliphatic heterocycles. The quantitative estimate of drug-likeness (QED) is 0.587. The molecule has 0 radical (unpaired) electrons. The first-order valence-electron chi connectivity index (χ1n) is 8.53. The lowest BCUT2D eigenvalue weighted by molar-refractivity contribution is 0.839. The molecule has 7 heteroatoms. The van der Waals surface area contributed by atoms with Crippen LogP contribution in [0.2, 0.25) is 5.02 Å². The van der Waals surface area contributed by atoms with E-state index in [0.29, 0.717) is 23.2 Å². The van der Waals surface area contributed by atoms with E-state index in [9.17, 15) is 4.79 Å². The molecule has 0 saturated heterocycles.